The van der Waals surface area contributed by atoms with E-state index in [1.807, 2.05) is 25.1 Å². The Labute approximate surface area is 185 Å². The minimum absolute atomic E-state index is 0.0130. The van der Waals surface area contributed by atoms with E-state index in [4.69, 9.17) is 4.42 Å². The largest absolute Gasteiger partial charge is 0.481 e. The normalized spacial score (nSPS) is 14.7. The first-order chi connectivity index (χ1) is 15.5. The van der Waals surface area contributed by atoms with Gasteiger partial charge in [0, 0.05) is 29.8 Å². The number of fused-ring (bicyclic) bond motifs is 1. The summed E-state index contributed by atoms with van der Waals surface area (Å²) in [6.07, 6.45) is -10.9. The summed E-state index contributed by atoms with van der Waals surface area (Å²) >= 11 is 0. The van der Waals surface area contributed by atoms with Crippen LogP contribution in [0, 0.1) is 0 Å². The van der Waals surface area contributed by atoms with Crippen molar-refractivity contribution in [3.63, 3.8) is 0 Å². The summed E-state index contributed by atoms with van der Waals surface area (Å²) in [6, 6.07) is 8.44. The van der Waals surface area contributed by atoms with Crippen molar-refractivity contribution in [2.45, 2.75) is 45.1 Å². The molecule has 1 aliphatic heterocycles. The number of halogens is 6. The maximum Gasteiger partial charge on any atom is 0.425 e. The number of anilines is 1. The van der Waals surface area contributed by atoms with Gasteiger partial charge in [0.2, 0.25) is 5.89 Å². The van der Waals surface area contributed by atoms with Gasteiger partial charge in [0.25, 0.3) is 0 Å². The van der Waals surface area contributed by atoms with Crippen LogP contribution in [0.3, 0.4) is 0 Å². The number of ether oxygens (including phenoxy) is 1. The minimum atomic E-state index is -4.94. The zero-order valence-corrected chi connectivity index (χ0v) is 17.7. The van der Waals surface area contributed by atoms with E-state index in [-0.39, 0.29) is 11.5 Å². The predicted octanol–water partition coefficient (Wildman–Crippen LogP) is 6.89. The van der Waals surface area contributed by atoms with Crippen LogP contribution in [0.1, 0.15) is 30.7 Å². The van der Waals surface area contributed by atoms with E-state index in [1.165, 1.54) is 6.07 Å². The van der Waals surface area contributed by atoms with Crippen LogP contribution in [-0.2, 0) is 19.0 Å². The first-order valence-corrected chi connectivity index (χ1v) is 10.3. The fourth-order valence-corrected chi connectivity index (χ4v) is 3.74. The Bertz CT molecular complexity index is 1170. The molecular formula is C23H20F6N2O2. The van der Waals surface area contributed by atoms with E-state index in [0.29, 0.717) is 30.9 Å². The SMILES string of the molecule is CCc1oc(-c2ccc(OC(C)C(F)(F)F)c(C(F)(F)F)c2)nc1-c1cccc2c1CCN2. The third-order valence-electron chi connectivity index (χ3n) is 5.44. The molecule has 1 aromatic heterocycles. The van der Waals surface area contributed by atoms with Crippen molar-refractivity contribution in [3.05, 3.63) is 53.3 Å². The summed E-state index contributed by atoms with van der Waals surface area (Å²) in [4.78, 5) is 4.47. The van der Waals surface area contributed by atoms with Gasteiger partial charge in [0.05, 0.1) is 5.56 Å². The lowest BCUT2D eigenvalue weighted by Gasteiger charge is -2.21. The van der Waals surface area contributed by atoms with Gasteiger partial charge < -0.3 is 14.5 Å². The molecule has 176 valence electrons. The summed E-state index contributed by atoms with van der Waals surface area (Å²) in [5.74, 6) is -0.457. The van der Waals surface area contributed by atoms with Crippen LogP contribution in [0.25, 0.3) is 22.7 Å². The summed E-state index contributed by atoms with van der Waals surface area (Å²) in [5.41, 5.74) is 2.04. The maximum absolute atomic E-state index is 13.6. The Kier molecular flexibility index (Phi) is 5.79. The van der Waals surface area contributed by atoms with Crippen molar-refractivity contribution in [2.75, 3.05) is 11.9 Å². The number of oxazole rings is 1. The second-order valence-corrected chi connectivity index (χ2v) is 7.66. The highest BCUT2D eigenvalue weighted by Gasteiger charge is 2.41. The summed E-state index contributed by atoms with van der Waals surface area (Å²) in [5, 5.41) is 3.27. The van der Waals surface area contributed by atoms with Crippen molar-refractivity contribution in [3.8, 4) is 28.5 Å². The highest BCUT2D eigenvalue weighted by molar-refractivity contribution is 5.76. The molecular weight excluding hydrogens is 450 g/mol. The molecule has 0 saturated heterocycles. The molecule has 1 aliphatic rings. The number of nitrogens with zero attached hydrogens (tertiary/aromatic N) is 1. The Hall–Kier alpha value is -3.17. The fraction of sp³-hybridized carbons (Fsp3) is 0.348. The zero-order valence-electron chi connectivity index (χ0n) is 17.7. The third kappa shape index (κ3) is 4.51. The van der Waals surface area contributed by atoms with Crippen LogP contribution in [-0.4, -0.2) is 23.8 Å². The minimum Gasteiger partial charge on any atom is -0.481 e. The predicted molar refractivity (Wildman–Crippen MR) is 110 cm³/mol. The van der Waals surface area contributed by atoms with E-state index in [2.05, 4.69) is 15.0 Å². The summed E-state index contributed by atoms with van der Waals surface area (Å²) in [7, 11) is 0. The van der Waals surface area contributed by atoms with Gasteiger partial charge in [-0.1, -0.05) is 19.1 Å². The number of aromatic nitrogens is 1. The third-order valence-corrected chi connectivity index (χ3v) is 5.44. The van der Waals surface area contributed by atoms with Gasteiger partial charge in [0.1, 0.15) is 17.2 Å². The van der Waals surface area contributed by atoms with Crippen LogP contribution in [0.15, 0.2) is 40.8 Å². The van der Waals surface area contributed by atoms with Gasteiger partial charge in [-0.25, -0.2) is 4.98 Å². The smallest absolute Gasteiger partial charge is 0.425 e. The lowest BCUT2D eigenvalue weighted by atomic mass is 10.0. The van der Waals surface area contributed by atoms with Crippen molar-refractivity contribution in [1.82, 2.24) is 4.98 Å². The molecule has 1 N–H and O–H groups in total. The van der Waals surface area contributed by atoms with Crippen molar-refractivity contribution in [2.24, 2.45) is 0 Å². The molecule has 4 nitrogen and oxygen atoms in total. The molecule has 0 aliphatic carbocycles. The highest BCUT2D eigenvalue weighted by atomic mass is 19.4. The number of hydrogen-bond donors (Lipinski definition) is 1. The molecule has 0 saturated carbocycles. The Balaban J connectivity index is 1.77. The first-order valence-electron chi connectivity index (χ1n) is 10.3. The van der Waals surface area contributed by atoms with Crippen molar-refractivity contribution in [1.29, 1.82) is 0 Å². The average molecular weight is 470 g/mol. The zero-order chi connectivity index (χ0) is 24.0. The molecule has 0 fully saturated rings. The Morgan fingerprint density at radius 1 is 1.12 bits per heavy atom. The quantitative estimate of drug-likeness (QED) is 0.413. The van der Waals surface area contributed by atoms with E-state index >= 15 is 0 Å². The van der Waals surface area contributed by atoms with Crippen LogP contribution >= 0.6 is 0 Å². The van der Waals surface area contributed by atoms with Gasteiger partial charge in [-0.2, -0.15) is 26.3 Å². The monoisotopic (exact) mass is 470 g/mol. The van der Waals surface area contributed by atoms with Gasteiger partial charge in [-0.15, -0.1) is 0 Å². The van der Waals surface area contributed by atoms with Gasteiger partial charge in [-0.3, -0.25) is 0 Å². The second kappa shape index (κ2) is 8.31. The van der Waals surface area contributed by atoms with E-state index in [0.717, 1.165) is 35.8 Å². The standard InChI is InChI=1S/C23H20F6N2O2/c1-3-18-20(15-5-4-6-17-14(15)9-10-30-17)31-21(33-18)13-7-8-19(16(11-13)23(27,28)29)32-12(2)22(24,25)26/h4-8,11-12,30H,3,9-10H2,1-2H3. The lowest BCUT2D eigenvalue weighted by molar-refractivity contribution is -0.191. The van der Waals surface area contributed by atoms with Gasteiger partial charge in [0.15, 0.2) is 6.10 Å². The number of hydrogen-bond acceptors (Lipinski definition) is 4. The van der Waals surface area contributed by atoms with Crippen molar-refractivity contribution >= 4 is 5.69 Å². The van der Waals surface area contributed by atoms with Crippen LogP contribution in [0.2, 0.25) is 0 Å². The maximum atomic E-state index is 13.6. The number of nitrogens with one attached hydrogen (secondary N) is 1. The van der Waals surface area contributed by atoms with Gasteiger partial charge >= 0.3 is 12.4 Å². The molecule has 4 rings (SSSR count). The molecule has 1 atom stereocenters. The second-order valence-electron chi connectivity index (χ2n) is 7.66. The lowest BCUT2D eigenvalue weighted by Crippen LogP contribution is -2.31. The summed E-state index contributed by atoms with van der Waals surface area (Å²) < 4.78 is 89.7. The molecule has 0 spiro atoms. The molecule has 33 heavy (non-hydrogen) atoms. The van der Waals surface area contributed by atoms with Crippen molar-refractivity contribution < 1.29 is 35.5 Å². The van der Waals surface area contributed by atoms with E-state index in [1.54, 1.807) is 0 Å². The molecule has 10 heteroatoms. The number of aryl methyl sites for hydroxylation is 1. The molecule has 0 radical (unpaired) electrons. The summed E-state index contributed by atoms with van der Waals surface area (Å²) in [6.45, 7) is 3.26. The van der Waals surface area contributed by atoms with Gasteiger partial charge in [-0.05, 0) is 43.2 Å². The molecule has 3 aromatic rings. The average Bonchev–Trinajstić information content (AvgIpc) is 3.39. The number of rotatable bonds is 5. The molecule has 2 aromatic carbocycles. The van der Waals surface area contributed by atoms with Crippen LogP contribution in [0.4, 0.5) is 32.0 Å². The first kappa shape index (κ1) is 23.0. The fourth-order valence-electron chi connectivity index (χ4n) is 3.74. The van der Waals surface area contributed by atoms with E-state index < -0.39 is 29.8 Å². The Morgan fingerprint density at radius 3 is 2.55 bits per heavy atom. The number of alkyl halides is 6. The van der Waals surface area contributed by atoms with E-state index in [9.17, 15) is 26.3 Å². The van der Waals surface area contributed by atoms with Crippen LogP contribution in [0.5, 0.6) is 5.75 Å². The Morgan fingerprint density at radius 2 is 1.88 bits per heavy atom. The molecule has 0 bridgehead atoms. The van der Waals surface area contributed by atoms with Crippen LogP contribution < -0.4 is 10.1 Å². The molecule has 1 unspecified atom stereocenters. The molecule has 2 heterocycles. The topological polar surface area (TPSA) is 47.3 Å². The molecule has 0 amide bonds. The highest BCUT2D eigenvalue weighted by Crippen LogP contribution is 2.41. The number of benzene rings is 2.